The van der Waals surface area contributed by atoms with Crippen LogP contribution in [0.15, 0.2) is 42.5 Å². The van der Waals surface area contributed by atoms with E-state index in [4.69, 9.17) is 11.6 Å². The maximum absolute atomic E-state index is 13.3. The lowest BCUT2D eigenvalue weighted by atomic mass is 10.1. The van der Waals surface area contributed by atoms with Gasteiger partial charge in [0, 0.05) is 31.6 Å². The van der Waals surface area contributed by atoms with E-state index in [1.807, 2.05) is 45.0 Å². The molecule has 0 radical (unpaired) electrons. The van der Waals surface area contributed by atoms with Gasteiger partial charge in [-0.15, -0.1) is 0 Å². The first-order valence-corrected chi connectivity index (χ1v) is 13.5. The van der Waals surface area contributed by atoms with Gasteiger partial charge in [-0.2, -0.15) is 0 Å². The number of sulfonamides is 1. The fourth-order valence-corrected chi connectivity index (χ4v) is 5.10. The fourth-order valence-electron chi connectivity index (χ4n) is 3.88. The minimum atomic E-state index is -3.54. The van der Waals surface area contributed by atoms with Gasteiger partial charge in [0.05, 0.1) is 11.9 Å². The maximum Gasteiger partial charge on any atom is 0.242 e. The average Bonchev–Trinajstić information content (AvgIpc) is 2.78. The van der Waals surface area contributed by atoms with E-state index in [1.165, 1.54) is 22.5 Å². The molecule has 34 heavy (non-hydrogen) atoms. The van der Waals surface area contributed by atoms with Crippen molar-refractivity contribution in [3.8, 4) is 0 Å². The van der Waals surface area contributed by atoms with Crippen LogP contribution in [-0.4, -0.2) is 51.0 Å². The molecule has 1 N–H and O–H groups in total. The molecule has 0 saturated heterocycles. The predicted octanol–water partition coefficient (Wildman–Crippen LogP) is 4.06. The molecule has 7 nitrogen and oxygen atoms in total. The first-order valence-electron chi connectivity index (χ1n) is 11.3. The summed E-state index contributed by atoms with van der Waals surface area (Å²) in [6.07, 6.45) is 2.00. The summed E-state index contributed by atoms with van der Waals surface area (Å²) in [5.74, 6) is -0.485. The minimum absolute atomic E-state index is 0.0921. The van der Waals surface area contributed by atoms with Gasteiger partial charge in [-0.1, -0.05) is 48.9 Å². The van der Waals surface area contributed by atoms with Crippen LogP contribution < -0.4 is 9.62 Å². The summed E-state index contributed by atoms with van der Waals surface area (Å²) in [4.78, 5) is 27.3. The molecule has 2 rings (SSSR count). The van der Waals surface area contributed by atoms with Crippen molar-refractivity contribution in [3.63, 3.8) is 0 Å². The van der Waals surface area contributed by atoms with Crippen LogP contribution in [0.25, 0.3) is 0 Å². The van der Waals surface area contributed by atoms with Crippen LogP contribution in [-0.2, 0) is 26.2 Å². The number of halogens is 1. The number of anilines is 1. The summed E-state index contributed by atoms with van der Waals surface area (Å²) in [6.45, 7) is 6.01. The molecule has 0 unspecified atom stereocenters. The Morgan fingerprint density at radius 2 is 1.76 bits per heavy atom. The number of nitrogens with one attached hydrogen (secondary N) is 1. The highest BCUT2D eigenvalue weighted by molar-refractivity contribution is 7.92. The van der Waals surface area contributed by atoms with Crippen molar-refractivity contribution >= 4 is 39.1 Å². The number of carbonyl (C=O) groups excluding carboxylic acids is 2. The Balaban J connectivity index is 2.24. The Kier molecular flexibility index (Phi) is 9.94. The van der Waals surface area contributed by atoms with E-state index >= 15 is 0 Å². The summed E-state index contributed by atoms with van der Waals surface area (Å²) >= 11 is 6.31. The zero-order valence-corrected chi connectivity index (χ0v) is 22.0. The SMILES string of the molecule is CC[C@@H](C(=O)NC)N(Cc1ccccc1Cl)C(=O)CCCN(c1cccc(C)c1C)S(C)(=O)=O. The molecule has 1 atom stereocenters. The van der Waals surface area contributed by atoms with Gasteiger partial charge in [-0.05, 0) is 55.5 Å². The lowest BCUT2D eigenvalue weighted by Crippen LogP contribution is -2.48. The van der Waals surface area contributed by atoms with E-state index < -0.39 is 16.1 Å². The van der Waals surface area contributed by atoms with E-state index in [9.17, 15) is 18.0 Å². The molecule has 0 saturated carbocycles. The van der Waals surface area contributed by atoms with Crippen molar-refractivity contribution in [2.45, 2.75) is 52.6 Å². The molecule has 2 aromatic carbocycles. The van der Waals surface area contributed by atoms with Gasteiger partial charge in [-0.25, -0.2) is 8.42 Å². The van der Waals surface area contributed by atoms with E-state index in [1.54, 1.807) is 18.2 Å². The molecule has 0 heterocycles. The van der Waals surface area contributed by atoms with Crippen molar-refractivity contribution in [1.82, 2.24) is 10.2 Å². The second kappa shape index (κ2) is 12.2. The molecule has 186 valence electrons. The van der Waals surface area contributed by atoms with Crippen molar-refractivity contribution in [1.29, 1.82) is 0 Å². The third-order valence-corrected chi connectivity index (χ3v) is 7.48. The Morgan fingerprint density at radius 3 is 2.35 bits per heavy atom. The van der Waals surface area contributed by atoms with Crippen LogP contribution in [0.2, 0.25) is 5.02 Å². The quantitative estimate of drug-likeness (QED) is 0.497. The summed E-state index contributed by atoms with van der Waals surface area (Å²) in [5.41, 5.74) is 3.22. The van der Waals surface area contributed by atoms with Gasteiger partial charge in [0.15, 0.2) is 0 Å². The van der Waals surface area contributed by atoms with Crippen LogP contribution in [0.5, 0.6) is 0 Å². The van der Waals surface area contributed by atoms with Gasteiger partial charge >= 0.3 is 0 Å². The molecule has 0 aliphatic carbocycles. The van der Waals surface area contributed by atoms with Gasteiger partial charge < -0.3 is 10.2 Å². The highest BCUT2D eigenvalue weighted by atomic mass is 35.5. The smallest absolute Gasteiger partial charge is 0.242 e. The topological polar surface area (TPSA) is 86.8 Å². The molecule has 2 aromatic rings. The summed E-state index contributed by atoms with van der Waals surface area (Å²) < 4.78 is 26.4. The Morgan fingerprint density at radius 1 is 1.09 bits per heavy atom. The van der Waals surface area contributed by atoms with Crippen molar-refractivity contribution in [2.75, 3.05) is 24.2 Å². The summed E-state index contributed by atoms with van der Waals surface area (Å²) in [6, 6.07) is 12.1. The molecule has 2 amide bonds. The van der Waals surface area contributed by atoms with Gasteiger partial charge in [0.25, 0.3) is 0 Å². The van der Waals surface area contributed by atoms with Crippen molar-refractivity contribution in [3.05, 3.63) is 64.2 Å². The molecule has 0 spiro atoms. The number of carbonyl (C=O) groups is 2. The fraction of sp³-hybridized carbons (Fsp3) is 0.440. The average molecular weight is 508 g/mol. The number of likely N-dealkylation sites (N-methyl/N-ethyl adjacent to an activating group) is 1. The Bertz CT molecular complexity index is 1120. The van der Waals surface area contributed by atoms with E-state index in [-0.39, 0.29) is 31.3 Å². The van der Waals surface area contributed by atoms with Crippen LogP contribution in [0.3, 0.4) is 0 Å². The molecular formula is C25H34ClN3O4S. The first-order chi connectivity index (χ1) is 16.0. The first kappa shape index (κ1) is 27.7. The highest BCUT2D eigenvalue weighted by Gasteiger charge is 2.29. The highest BCUT2D eigenvalue weighted by Crippen LogP contribution is 2.26. The number of nitrogens with zero attached hydrogens (tertiary/aromatic N) is 2. The Labute approximate surface area is 208 Å². The zero-order chi connectivity index (χ0) is 25.5. The van der Waals surface area contributed by atoms with Crippen LogP contribution >= 0.6 is 11.6 Å². The molecule has 0 aliphatic heterocycles. The maximum atomic E-state index is 13.3. The number of aryl methyl sites for hydroxylation is 1. The van der Waals surface area contributed by atoms with Crippen molar-refractivity contribution in [2.24, 2.45) is 0 Å². The zero-order valence-electron chi connectivity index (χ0n) is 20.5. The lowest BCUT2D eigenvalue weighted by Gasteiger charge is -2.31. The van der Waals surface area contributed by atoms with E-state index in [0.717, 1.165) is 16.7 Å². The normalized spacial score (nSPS) is 12.2. The molecule has 0 aromatic heterocycles. The molecule has 0 fully saturated rings. The predicted molar refractivity (Wildman–Crippen MR) is 137 cm³/mol. The van der Waals surface area contributed by atoms with Crippen LogP contribution in [0.4, 0.5) is 5.69 Å². The third kappa shape index (κ3) is 6.96. The molecule has 9 heteroatoms. The lowest BCUT2D eigenvalue weighted by molar-refractivity contribution is -0.141. The van der Waals surface area contributed by atoms with Gasteiger partial charge in [0.2, 0.25) is 21.8 Å². The van der Waals surface area contributed by atoms with Gasteiger partial charge in [0.1, 0.15) is 6.04 Å². The Hall–Kier alpha value is -2.58. The second-order valence-electron chi connectivity index (χ2n) is 8.31. The standard InChI is InChI=1S/C25H34ClN3O4S/c1-6-22(25(31)27-4)28(17-20-12-7-8-13-21(20)26)24(30)15-10-16-29(34(5,32)33)23-14-9-11-18(2)19(23)3/h7-9,11-14,22H,6,10,15-17H2,1-5H3,(H,27,31)/t22-/m0/s1. The number of rotatable bonds is 11. The number of amides is 2. The summed E-state index contributed by atoms with van der Waals surface area (Å²) in [5, 5.41) is 3.14. The summed E-state index contributed by atoms with van der Waals surface area (Å²) in [7, 11) is -2.00. The van der Waals surface area contributed by atoms with Crippen molar-refractivity contribution < 1.29 is 18.0 Å². The number of hydrogen-bond acceptors (Lipinski definition) is 4. The number of hydrogen-bond donors (Lipinski definition) is 1. The van der Waals surface area contributed by atoms with Crippen LogP contribution in [0, 0.1) is 13.8 Å². The monoisotopic (exact) mass is 507 g/mol. The number of benzene rings is 2. The molecule has 0 bridgehead atoms. The largest absolute Gasteiger partial charge is 0.357 e. The van der Waals surface area contributed by atoms with E-state index in [0.29, 0.717) is 23.6 Å². The molecule has 0 aliphatic rings. The third-order valence-electron chi connectivity index (χ3n) is 5.93. The minimum Gasteiger partial charge on any atom is -0.357 e. The van der Waals surface area contributed by atoms with Gasteiger partial charge in [-0.3, -0.25) is 13.9 Å². The van der Waals surface area contributed by atoms with Crippen LogP contribution in [0.1, 0.15) is 42.9 Å². The molecular weight excluding hydrogens is 474 g/mol. The second-order valence-corrected chi connectivity index (χ2v) is 10.6. The van der Waals surface area contributed by atoms with E-state index in [2.05, 4.69) is 5.32 Å².